The first-order valence-electron chi connectivity index (χ1n) is 7.26. The van der Waals surface area contributed by atoms with Gasteiger partial charge in [0.05, 0.1) is 6.10 Å². The zero-order valence-corrected chi connectivity index (χ0v) is 14.6. The minimum Gasteiger partial charge on any atom is -0.390 e. The topological polar surface area (TPSA) is 173 Å². The van der Waals surface area contributed by atoms with Gasteiger partial charge in [-0.2, -0.15) is 0 Å². The zero-order chi connectivity index (χ0) is 19.9. The van der Waals surface area contributed by atoms with Crippen molar-refractivity contribution in [1.29, 1.82) is 0 Å². The fourth-order valence-corrected chi connectivity index (χ4v) is 2.83. The quantitative estimate of drug-likeness (QED) is 0.258. The van der Waals surface area contributed by atoms with Crippen LogP contribution in [-0.2, 0) is 14.4 Å². The van der Waals surface area contributed by atoms with E-state index in [-0.39, 0.29) is 0 Å². The monoisotopic (exact) mass is 350 g/mol. The van der Waals surface area contributed by atoms with Crippen LogP contribution in [0.15, 0.2) is 0 Å². The van der Waals surface area contributed by atoms with Crippen LogP contribution in [0.5, 0.6) is 0 Å². The van der Waals surface area contributed by atoms with Gasteiger partial charge >= 0.3 is 0 Å². The highest BCUT2D eigenvalue weighted by molar-refractivity contribution is 6.12. The Hall–Kier alpha value is -1.23. The Morgan fingerprint density at radius 3 is 1.38 bits per heavy atom. The Morgan fingerprint density at radius 1 is 0.792 bits per heavy atom. The molecule has 0 saturated carbocycles. The molecule has 6 atom stereocenters. The van der Waals surface area contributed by atoms with Crippen molar-refractivity contribution in [2.45, 2.75) is 76.2 Å². The van der Waals surface area contributed by atoms with E-state index in [9.17, 15) is 45.0 Å². The summed E-state index contributed by atoms with van der Waals surface area (Å²) in [4.78, 5) is 35.9. The van der Waals surface area contributed by atoms with E-state index in [4.69, 9.17) is 0 Å². The molecule has 140 valence electrons. The summed E-state index contributed by atoms with van der Waals surface area (Å²) < 4.78 is 0. The predicted molar refractivity (Wildman–Crippen MR) is 80.9 cm³/mol. The number of carbonyl (C=O) groups excluding carboxylic acids is 3. The van der Waals surface area contributed by atoms with E-state index >= 15 is 0 Å². The summed E-state index contributed by atoms with van der Waals surface area (Å²) in [5.41, 5.74) is -12.6. The van der Waals surface area contributed by atoms with Gasteiger partial charge in [-0.3, -0.25) is 14.4 Å². The molecular formula is C15H26O9. The van der Waals surface area contributed by atoms with Crippen LogP contribution in [0, 0.1) is 0 Å². The number of aliphatic hydroxyl groups excluding tert-OH is 2. The largest absolute Gasteiger partial charge is 0.390 e. The molecule has 0 heterocycles. The second-order valence-electron chi connectivity index (χ2n) is 6.45. The van der Waals surface area contributed by atoms with Crippen molar-refractivity contribution >= 4 is 17.3 Å². The summed E-state index contributed by atoms with van der Waals surface area (Å²) in [6.45, 7) is 4.72. The summed E-state index contributed by atoms with van der Waals surface area (Å²) in [5, 5.41) is 61.6. The normalized spacial score (nSPS) is 24.5. The number of carbonyl (C=O) groups is 3. The maximum Gasteiger partial charge on any atom is 0.215 e. The molecule has 0 aromatic carbocycles. The van der Waals surface area contributed by atoms with Gasteiger partial charge in [-0.05, 0) is 41.5 Å². The van der Waals surface area contributed by atoms with E-state index in [0.29, 0.717) is 13.8 Å². The van der Waals surface area contributed by atoms with Gasteiger partial charge in [0.15, 0.2) is 17.2 Å². The van der Waals surface area contributed by atoms with Gasteiger partial charge in [0.2, 0.25) is 11.4 Å². The Kier molecular flexibility index (Phi) is 6.25. The lowest BCUT2D eigenvalue weighted by Crippen LogP contribution is -2.80. The third-order valence-corrected chi connectivity index (χ3v) is 4.78. The van der Waals surface area contributed by atoms with Crippen LogP contribution < -0.4 is 0 Å². The maximum atomic E-state index is 12.1. The van der Waals surface area contributed by atoms with Gasteiger partial charge in [0.25, 0.3) is 0 Å². The highest BCUT2D eigenvalue weighted by atomic mass is 16.4. The number of hydrogen-bond donors (Lipinski definition) is 6. The van der Waals surface area contributed by atoms with Crippen LogP contribution in [0.3, 0.4) is 0 Å². The van der Waals surface area contributed by atoms with Crippen LogP contribution in [0.4, 0.5) is 0 Å². The molecule has 9 nitrogen and oxygen atoms in total. The Bertz CT molecular complexity index is 535. The van der Waals surface area contributed by atoms with Gasteiger partial charge in [0, 0.05) is 0 Å². The highest BCUT2D eigenvalue weighted by Gasteiger charge is 2.71. The summed E-state index contributed by atoms with van der Waals surface area (Å²) in [6.07, 6.45) is -3.84. The molecule has 9 heteroatoms. The molecule has 0 saturated heterocycles. The van der Waals surface area contributed by atoms with Crippen molar-refractivity contribution in [2.24, 2.45) is 0 Å². The van der Waals surface area contributed by atoms with Gasteiger partial charge in [-0.15, -0.1) is 0 Å². The summed E-state index contributed by atoms with van der Waals surface area (Å²) in [5.74, 6) is -4.06. The zero-order valence-electron chi connectivity index (χ0n) is 14.6. The number of aliphatic hydroxyl groups is 6. The van der Waals surface area contributed by atoms with Gasteiger partial charge in [-0.1, -0.05) is 0 Å². The van der Waals surface area contributed by atoms with Crippen LogP contribution in [0.1, 0.15) is 41.5 Å². The Balaban J connectivity index is 6.69. The lowest BCUT2D eigenvalue weighted by Gasteiger charge is -2.53. The second kappa shape index (κ2) is 6.58. The molecular weight excluding hydrogens is 324 g/mol. The smallest absolute Gasteiger partial charge is 0.215 e. The van der Waals surface area contributed by atoms with Crippen LogP contribution >= 0.6 is 0 Å². The van der Waals surface area contributed by atoms with Crippen LogP contribution in [-0.4, -0.2) is 82.6 Å². The summed E-state index contributed by atoms with van der Waals surface area (Å²) >= 11 is 0. The van der Waals surface area contributed by atoms with Gasteiger partial charge in [0.1, 0.15) is 17.3 Å². The first-order valence-corrected chi connectivity index (χ1v) is 7.26. The van der Waals surface area contributed by atoms with E-state index in [1.807, 2.05) is 0 Å². The highest BCUT2D eigenvalue weighted by Crippen LogP contribution is 2.43. The number of Topliss-reactive ketones (excluding diaryl/α,β-unsaturated/α-hetero) is 3. The lowest BCUT2D eigenvalue weighted by molar-refractivity contribution is -0.283. The van der Waals surface area contributed by atoms with Gasteiger partial charge < -0.3 is 30.6 Å². The second-order valence-corrected chi connectivity index (χ2v) is 6.45. The van der Waals surface area contributed by atoms with E-state index in [1.54, 1.807) is 0 Å². The molecule has 0 aliphatic heterocycles. The molecule has 0 spiro atoms. The Morgan fingerprint density at radius 2 is 1.17 bits per heavy atom. The number of ketones is 3. The summed E-state index contributed by atoms with van der Waals surface area (Å²) in [6, 6.07) is 0. The maximum absolute atomic E-state index is 12.1. The van der Waals surface area contributed by atoms with Crippen molar-refractivity contribution in [3.63, 3.8) is 0 Å². The minimum absolute atomic E-state index is 0.644. The molecule has 6 N–H and O–H groups in total. The van der Waals surface area contributed by atoms with E-state index < -0.39 is 52.0 Å². The number of hydrogen-bond acceptors (Lipinski definition) is 9. The van der Waals surface area contributed by atoms with Crippen molar-refractivity contribution in [2.75, 3.05) is 0 Å². The van der Waals surface area contributed by atoms with Crippen LogP contribution in [0.25, 0.3) is 0 Å². The Labute approximate surface area is 139 Å². The molecule has 0 radical (unpaired) electrons. The molecule has 0 aromatic rings. The first-order chi connectivity index (χ1) is 10.4. The van der Waals surface area contributed by atoms with Crippen LogP contribution in [0.2, 0.25) is 0 Å². The van der Waals surface area contributed by atoms with Crippen molar-refractivity contribution < 1.29 is 45.0 Å². The molecule has 0 rings (SSSR count). The molecule has 0 fully saturated rings. The van der Waals surface area contributed by atoms with Crippen molar-refractivity contribution in [1.82, 2.24) is 0 Å². The van der Waals surface area contributed by atoms with Crippen molar-refractivity contribution in [3.8, 4) is 0 Å². The third kappa shape index (κ3) is 2.81. The molecule has 24 heavy (non-hydrogen) atoms. The first kappa shape index (κ1) is 22.8. The molecule has 0 aliphatic carbocycles. The fourth-order valence-electron chi connectivity index (χ4n) is 2.83. The average molecular weight is 350 g/mol. The summed E-state index contributed by atoms with van der Waals surface area (Å²) in [7, 11) is 0. The lowest BCUT2D eigenvalue weighted by atomic mass is 9.60. The van der Waals surface area contributed by atoms with Crippen molar-refractivity contribution in [3.05, 3.63) is 0 Å². The number of rotatable bonds is 8. The molecule has 0 aromatic heterocycles. The third-order valence-electron chi connectivity index (χ3n) is 4.78. The molecule has 0 amide bonds. The van der Waals surface area contributed by atoms with E-state index in [0.717, 1.165) is 27.7 Å². The fraction of sp³-hybridized carbons (Fsp3) is 0.800. The molecule has 0 aliphatic rings. The average Bonchev–Trinajstić information content (AvgIpc) is 2.42. The van der Waals surface area contributed by atoms with E-state index in [2.05, 4.69) is 0 Å². The predicted octanol–water partition coefficient (Wildman–Crippen LogP) is -2.54. The van der Waals surface area contributed by atoms with E-state index in [1.165, 1.54) is 0 Å². The van der Waals surface area contributed by atoms with Gasteiger partial charge in [-0.25, -0.2) is 0 Å². The SMILES string of the molecule is CC(=O)[C@](O)(C(=O)C(C)O)[C@@](C)(O)[C@](C)(O)[C@@](O)(C(C)=O)C(C)O. The molecule has 2 unspecified atom stereocenters. The minimum atomic E-state index is -3.36. The standard InChI is InChI=1S/C15H26O9/c1-7(16)11(20)15(24,10(4)19)13(6,22)12(5,21)14(23,8(2)17)9(3)18/h7-8,16-17,21-24H,1-6H3/t7?,8?,12-,13-,14-,15-/m0/s1. The molecule has 0 bridgehead atoms.